The second-order valence-corrected chi connectivity index (χ2v) is 5.33. The van der Waals surface area contributed by atoms with Gasteiger partial charge in [0.05, 0.1) is 30.4 Å². The second-order valence-electron chi connectivity index (χ2n) is 4.09. The van der Waals surface area contributed by atoms with Crippen LogP contribution in [0.4, 0.5) is 4.39 Å². The molecule has 2 aromatic carbocycles. The highest BCUT2D eigenvalue weighted by molar-refractivity contribution is 9.10. The van der Waals surface area contributed by atoms with Crippen LogP contribution in [0.15, 0.2) is 34.8 Å². The molecule has 21 heavy (non-hydrogen) atoms. The summed E-state index contributed by atoms with van der Waals surface area (Å²) in [6.45, 7) is 0. The minimum absolute atomic E-state index is 0.130. The molecule has 110 valence electrons. The van der Waals surface area contributed by atoms with Crippen LogP contribution >= 0.6 is 27.5 Å². The fraction of sp³-hybridized carbons (Fsp3) is 0.133. The number of hydrogen-bond donors (Lipinski definition) is 0. The maximum atomic E-state index is 14.2. The topological polar surface area (TPSA) is 35.5 Å². The number of ether oxygens (including phenoxy) is 2. The highest BCUT2D eigenvalue weighted by atomic mass is 79.9. The summed E-state index contributed by atoms with van der Waals surface area (Å²) in [5, 5.41) is -0.136. The van der Waals surface area contributed by atoms with Crippen LogP contribution in [0, 0.1) is 5.82 Å². The maximum absolute atomic E-state index is 14.2. The molecule has 0 radical (unpaired) electrons. The van der Waals surface area contributed by atoms with Gasteiger partial charge in [0.15, 0.2) is 23.1 Å². The molecule has 0 aliphatic carbocycles. The zero-order valence-electron chi connectivity index (χ0n) is 11.2. The van der Waals surface area contributed by atoms with E-state index in [1.807, 2.05) is 0 Å². The molecule has 0 aliphatic rings. The van der Waals surface area contributed by atoms with Gasteiger partial charge in [-0.2, -0.15) is 0 Å². The Bertz CT molecular complexity index is 704. The summed E-state index contributed by atoms with van der Waals surface area (Å²) in [5.41, 5.74) is 0.0730. The van der Waals surface area contributed by atoms with Crippen molar-refractivity contribution in [2.75, 3.05) is 14.2 Å². The van der Waals surface area contributed by atoms with Crippen molar-refractivity contribution in [1.82, 2.24) is 0 Å². The molecular weight excluding hydrogens is 363 g/mol. The smallest absolute Gasteiger partial charge is 0.199 e. The van der Waals surface area contributed by atoms with Gasteiger partial charge in [-0.3, -0.25) is 4.79 Å². The monoisotopic (exact) mass is 372 g/mol. The second kappa shape index (κ2) is 6.45. The average Bonchev–Trinajstić information content (AvgIpc) is 2.51. The first-order chi connectivity index (χ1) is 10.0. The Morgan fingerprint density at radius 2 is 1.86 bits per heavy atom. The molecule has 0 bridgehead atoms. The Morgan fingerprint density at radius 1 is 1.14 bits per heavy atom. The molecule has 2 rings (SSSR count). The molecule has 0 aliphatic heterocycles. The van der Waals surface area contributed by atoms with E-state index in [-0.39, 0.29) is 21.9 Å². The van der Waals surface area contributed by atoms with Gasteiger partial charge in [0.1, 0.15) is 0 Å². The normalized spacial score (nSPS) is 10.3. The lowest BCUT2D eigenvalue weighted by molar-refractivity contribution is 0.103. The van der Waals surface area contributed by atoms with Gasteiger partial charge in [0, 0.05) is 4.47 Å². The Kier molecular flexibility index (Phi) is 4.85. The molecule has 6 heteroatoms. The van der Waals surface area contributed by atoms with E-state index in [1.54, 1.807) is 18.2 Å². The van der Waals surface area contributed by atoms with Crippen LogP contribution in [0.25, 0.3) is 0 Å². The number of carbonyl (C=O) groups excluding carboxylic acids is 1. The summed E-state index contributed by atoms with van der Waals surface area (Å²) in [6, 6.07) is 7.71. The van der Waals surface area contributed by atoms with Crippen molar-refractivity contribution in [3.05, 3.63) is 56.8 Å². The van der Waals surface area contributed by atoms with Crippen LogP contribution in [0.1, 0.15) is 15.9 Å². The summed E-state index contributed by atoms with van der Waals surface area (Å²) in [7, 11) is 2.88. The summed E-state index contributed by atoms with van der Waals surface area (Å²) in [5.74, 6) is -0.658. The van der Waals surface area contributed by atoms with Gasteiger partial charge in [-0.1, -0.05) is 17.7 Å². The predicted octanol–water partition coefficient (Wildman–Crippen LogP) is 4.49. The molecule has 0 spiro atoms. The van der Waals surface area contributed by atoms with Gasteiger partial charge < -0.3 is 9.47 Å². The van der Waals surface area contributed by atoms with E-state index in [0.717, 1.165) is 0 Å². The SMILES string of the molecule is COc1cccc(C(=O)c2ccc(Br)c(Cl)c2F)c1OC. The van der Waals surface area contributed by atoms with Crippen molar-refractivity contribution < 1.29 is 18.7 Å². The Balaban J connectivity index is 2.58. The summed E-state index contributed by atoms with van der Waals surface area (Å²) >= 11 is 8.93. The van der Waals surface area contributed by atoms with Crippen molar-refractivity contribution in [3.63, 3.8) is 0 Å². The van der Waals surface area contributed by atoms with Crippen molar-refractivity contribution in [1.29, 1.82) is 0 Å². The summed E-state index contributed by atoms with van der Waals surface area (Å²) < 4.78 is 24.9. The number of para-hydroxylation sites is 1. The van der Waals surface area contributed by atoms with Gasteiger partial charge in [-0.15, -0.1) is 0 Å². The van der Waals surface area contributed by atoms with E-state index in [1.165, 1.54) is 26.4 Å². The predicted molar refractivity (Wildman–Crippen MR) is 82.1 cm³/mol. The van der Waals surface area contributed by atoms with Crippen LogP contribution < -0.4 is 9.47 Å². The molecule has 0 heterocycles. The van der Waals surface area contributed by atoms with Gasteiger partial charge in [-0.25, -0.2) is 4.39 Å². The number of benzene rings is 2. The number of rotatable bonds is 4. The number of halogens is 3. The van der Waals surface area contributed by atoms with Crippen LogP contribution in [0.2, 0.25) is 5.02 Å². The third kappa shape index (κ3) is 2.89. The highest BCUT2D eigenvalue weighted by Crippen LogP contribution is 2.34. The first-order valence-electron chi connectivity index (χ1n) is 5.90. The Morgan fingerprint density at radius 3 is 2.48 bits per heavy atom. The molecule has 0 unspecified atom stereocenters. The first-order valence-corrected chi connectivity index (χ1v) is 7.07. The molecule has 0 atom stereocenters. The molecule has 0 saturated heterocycles. The van der Waals surface area contributed by atoms with Gasteiger partial charge in [0.25, 0.3) is 0 Å². The van der Waals surface area contributed by atoms with Crippen LogP contribution in [0.5, 0.6) is 11.5 Å². The number of methoxy groups -OCH3 is 2. The number of hydrogen-bond acceptors (Lipinski definition) is 3. The summed E-state index contributed by atoms with van der Waals surface area (Å²) in [4.78, 5) is 12.5. The lowest BCUT2D eigenvalue weighted by Crippen LogP contribution is -2.07. The molecule has 3 nitrogen and oxygen atoms in total. The molecular formula is C15H11BrClFO3. The zero-order valence-corrected chi connectivity index (χ0v) is 13.6. The molecule has 0 amide bonds. The van der Waals surface area contributed by atoms with Crippen molar-refractivity contribution in [2.45, 2.75) is 0 Å². The fourth-order valence-electron chi connectivity index (χ4n) is 1.91. The van der Waals surface area contributed by atoms with E-state index >= 15 is 0 Å². The fourth-order valence-corrected chi connectivity index (χ4v) is 2.38. The van der Waals surface area contributed by atoms with E-state index < -0.39 is 11.6 Å². The Hall–Kier alpha value is -1.59. The highest BCUT2D eigenvalue weighted by Gasteiger charge is 2.22. The molecule has 0 N–H and O–H groups in total. The first kappa shape index (κ1) is 15.8. The van der Waals surface area contributed by atoms with Crippen molar-refractivity contribution >= 4 is 33.3 Å². The van der Waals surface area contributed by atoms with E-state index in [9.17, 15) is 9.18 Å². The largest absolute Gasteiger partial charge is 0.493 e. The molecule has 0 fully saturated rings. The third-order valence-electron chi connectivity index (χ3n) is 2.93. The molecule has 0 saturated carbocycles. The van der Waals surface area contributed by atoms with Crippen molar-refractivity contribution in [2.24, 2.45) is 0 Å². The minimum Gasteiger partial charge on any atom is -0.493 e. The lowest BCUT2D eigenvalue weighted by Gasteiger charge is -2.12. The molecule has 2 aromatic rings. The quantitative estimate of drug-likeness (QED) is 0.585. The Labute approximate surface area is 134 Å². The van der Waals surface area contributed by atoms with Crippen molar-refractivity contribution in [3.8, 4) is 11.5 Å². The standard InChI is InChI=1S/C15H11BrClFO3/c1-20-11-5-3-4-9(15(11)21-2)14(19)8-6-7-10(16)12(17)13(8)18/h3-7H,1-2H3. The van der Waals surface area contributed by atoms with Gasteiger partial charge in [-0.05, 0) is 40.2 Å². The number of ketones is 1. The molecule has 0 aromatic heterocycles. The average molecular weight is 374 g/mol. The van der Waals surface area contributed by atoms with E-state index in [2.05, 4.69) is 15.9 Å². The zero-order chi connectivity index (χ0) is 15.6. The van der Waals surface area contributed by atoms with Crippen LogP contribution in [-0.2, 0) is 0 Å². The third-order valence-corrected chi connectivity index (χ3v) is 4.19. The minimum atomic E-state index is -0.777. The van der Waals surface area contributed by atoms with E-state index in [4.69, 9.17) is 21.1 Å². The summed E-state index contributed by atoms with van der Waals surface area (Å²) in [6.07, 6.45) is 0. The maximum Gasteiger partial charge on any atom is 0.199 e. The van der Waals surface area contributed by atoms with Crippen LogP contribution in [-0.4, -0.2) is 20.0 Å². The lowest BCUT2D eigenvalue weighted by atomic mass is 10.0. The van der Waals surface area contributed by atoms with E-state index in [0.29, 0.717) is 10.2 Å². The van der Waals surface area contributed by atoms with Gasteiger partial charge in [0.2, 0.25) is 0 Å². The van der Waals surface area contributed by atoms with Gasteiger partial charge >= 0.3 is 0 Å². The number of carbonyl (C=O) groups is 1. The van der Waals surface area contributed by atoms with Crippen LogP contribution in [0.3, 0.4) is 0 Å².